The van der Waals surface area contributed by atoms with Gasteiger partial charge in [0.25, 0.3) is 0 Å². The van der Waals surface area contributed by atoms with E-state index in [1.54, 1.807) is 0 Å². The lowest BCUT2D eigenvalue weighted by Crippen LogP contribution is -2.44. The van der Waals surface area contributed by atoms with Gasteiger partial charge in [-0.1, -0.05) is 32.1 Å². The molecule has 2 fully saturated rings. The molecule has 4 heteroatoms. The number of nitrogens with one attached hydrogen (secondary N) is 1. The minimum atomic E-state index is -0.756. The minimum absolute atomic E-state index is 0.0886. The fourth-order valence-corrected chi connectivity index (χ4v) is 3.26. The molecule has 0 unspecified atom stereocenters. The maximum Gasteiger partial charge on any atom is 0.308 e. The molecule has 2 atom stereocenters. The van der Waals surface area contributed by atoms with Gasteiger partial charge in [0.1, 0.15) is 0 Å². The summed E-state index contributed by atoms with van der Waals surface area (Å²) < 4.78 is 0. The van der Waals surface area contributed by atoms with Crippen molar-refractivity contribution < 1.29 is 14.7 Å². The van der Waals surface area contributed by atoms with Crippen LogP contribution in [0.4, 0.5) is 0 Å². The molecule has 0 spiro atoms. The van der Waals surface area contributed by atoms with Crippen LogP contribution in [0, 0.1) is 11.8 Å². The zero-order valence-electron chi connectivity index (χ0n) is 10.9. The maximum absolute atomic E-state index is 12.1. The third-order valence-electron chi connectivity index (χ3n) is 4.39. The van der Waals surface area contributed by atoms with E-state index in [2.05, 4.69) is 5.32 Å². The smallest absolute Gasteiger partial charge is 0.308 e. The lowest BCUT2D eigenvalue weighted by molar-refractivity contribution is -0.143. The van der Waals surface area contributed by atoms with Crippen LogP contribution in [0.15, 0.2) is 0 Å². The molecule has 0 heterocycles. The molecule has 0 bridgehead atoms. The van der Waals surface area contributed by atoms with Crippen LogP contribution in [0.5, 0.6) is 0 Å². The topological polar surface area (TPSA) is 66.4 Å². The molecule has 2 rings (SSSR count). The summed E-state index contributed by atoms with van der Waals surface area (Å²) in [7, 11) is 0. The Hall–Kier alpha value is -1.06. The summed E-state index contributed by atoms with van der Waals surface area (Å²) in [5.41, 5.74) is 0. The molecule has 0 radical (unpaired) electrons. The average molecular weight is 253 g/mol. The first-order valence-corrected chi connectivity index (χ1v) is 7.21. The highest BCUT2D eigenvalue weighted by Crippen LogP contribution is 2.27. The molecule has 2 aliphatic carbocycles. The molecule has 0 aromatic heterocycles. The van der Waals surface area contributed by atoms with Gasteiger partial charge in [-0.25, -0.2) is 0 Å². The Bertz CT molecular complexity index is 310. The van der Waals surface area contributed by atoms with Crippen molar-refractivity contribution in [1.82, 2.24) is 5.32 Å². The summed E-state index contributed by atoms with van der Waals surface area (Å²) in [4.78, 5) is 23.4. The number of hydrogen-bond acceptors (Lipinski definition) is 2. The van der Waals surface area contributed by atoms with E-state index in [1.165, 1.54) is 0 Å². The van der Waals surface area contributed by atoms with Crippen LogP contribution in [0.3, 0.4) is 0 Å². The van der Waals surface area contributed by atoms with E-state index < -0.39 is 11.9 Å². The Balaban J connectivity index is 1.95. The van der Waals surface area contributed by atoms with E-state index in [9.17, 15) is 14.7 Å². The van der Waals surface area contributed by atoms with Gasteiger partial charge in [-0.15, -0.1) is 0 Å². The summed E-state index contributed by atoms with van der Waals surface area (Å²) in [6.45, 7) is 0. The molecular formula is C14H23NO3. The first-order valence-electron chi connectivity index (χ1n) is 7.21. The molecule has 0 saturated heterocycles. The Morgan fingerprint density at radius 1 is 0.889 bits per heavy atom. The fraction of sp³-hybridized carbons (Fsp3) is 0.857. The van der Waals surface area contributed by atoms with E-state index in [4.69, 9.17) is 0 Å². The maximum atomic E-state index is 12.1. The summed E-state index contributed by atoms with van der Waals surface area (Å²) in [6, 6.07) is -0.155. The second-order valence-corrected chi connectivity index (χ2v) is 5.68. The zero-order chi connectivity index (χ0) is 13.0. The lowest BCUT2D eigenvalue weighted by Gasteiger charge is -2.24. The van der Waals surface area contributed by atoms with Crippen molar-refractivity contribution in [3.63, 3.8) is 0 Å². The lowest BCUT2D eigenvalue weighted by atomic mass is 9.94. The van der Waals surface area contributed by atoms with Gasteiger partial charge >= 0.3 is 5.97 Å². The Morgan fingerprint density at radius 3 is 2.17 bits per heavy atom. The van der Waals surface area contributed by atoms with Crippen molar-refractivity contribution in [2.24, 2.45) is 11.8 Å². The van der Waals surface area contributed by atoms with Crippen LogP contribution in [0.2, 0.25) is 0 Å². The van der Waals surface area contributed by atoms with Gasteiger partial charge in [0.2, 0.25) is 5.91 Å². The van der Waals surface area contributed by atoms with E-state index in [0.717, 1.165) is 51.4 Å². The number of carbonyl (C=O) groups is 2. The highest BCUT2D eigenvalue weighted by Gasteiger charge is 2.32. The van der Waals surface area contributed by atoms with E-state index in [0.29, 0.717) is 6.42 Å². The number of carboxylic acids is 1. The Kier molecular flexibility index (Phi) is 4.61. The van der Waals surface area contributed by atoms with Crippen molar-refractivity contribution in [1.29, 1.82) is 0 Å². The highest BCUT2D eigenvalue weighted by molar-refractivity contribution is 5.80. The molecule has 1 amide bonds. The quantitative estimate of drug-likeness (QED) is 0.759. The Morgan fingerprint density at radius 2 is 1.50 bits per heavy atom. The number of rotatable bonds is 3. The highest BCUT2D eigenvalue weighted by atomic mass is 16.4. The number of hydrogen-bond donors (Lipinski definition) is 2. The molecule has 2 aliphatic rings. The molecule has 2 N–H and O–H groups in total. The van der Waals surface area contributed by atoms with Gasteiger partial charge in [0.05, 0.1) is 5.92 Å². The summed E-state index contributed by atoms with van der Waals surface area (Å²) in [5.74, 6) is -0.931. The van der Waals surface area contributed by atoms with Crippen molar-refractivity contribution >= 4 is 11.9 Å². The normalized spacial score (nSPS) is 29.8. The van der Waals surface area contributed by atoms with E-state index >= 15 is 0 Å². The van der Waals surface area contributed by atoms with Gasteiger partial charge in [-0.2, -0.15) is 0 Å². The van der Waals surface area contributed by atoms with Crippen LogP contribution >= 0.6 is 0 Å². The average Bonchev–Trinajstić information content (AvgIpc) is 2.77. The number of carboxylic acid groups (broad SMARTS) is 1. The van der Waals surface area contributed by atoms with Crippen LogP contribution in [0.1, 0.15) is 57.8 Å². The predicted octanol–water partition coefficient (Wildman–Crippen LogP) is 2.33. The zero-order valence-corrected chi connectivity index (χ0v) is 10.9. The fourth-order valence-electron chi connectivity index (χ4n) is 3.26. The molecular weight excluding hydrogens is 230 g/mol. The molecule has 18 heavy (non-hydrogen) atoms. The van der Waals surface area contributed by atoms with Crippen LogP contribution in [-0.2, 0) is 9.59 Å². The van der Waals surface area contributed by atoms with Gasteiger partial charge in [0.15, 0.2) is 0 Å². The van der Waals surface area contributed by atoms with Gasteiger partial charge < -0.3 is 10.4 Å². The second-order valence-electron chi connectivity index (χ2n) is 5.68. The molecule has 0 aromatic carbocycles. The van der Waals surface area contributed by atoms with Crippen molar-refractivity contribution in [3.8, 4) is 0 Å². The largest absolute Gasteiger partial charge is 0.481 e. The van der Waals surface area contributed by atoms with Crippen molar-refractivity contribution in [2.75, 3.05) is 0 Å². The van der Waals surface area contributed by atoms with Crippen LogP contribution in [-0.4, -0.2) is 23.0 Å². The summed E-state index contributed by atoms with van der Waals surface area (Å²) in [5, 5.41) is 12.3. The minimum Gasteiger partial charge on any atom is -0.481 e. The Labute approximate surface area is 108 Å². The van der Waals surface area contributed by atoms with Gasteiger partial charge in [-0.3, -0.25) is 9.59 Å². The van der Waals surface area contributed by atoms with E-state index in [1.807, 2.05) is 0 Å². The van der Waals surface area contributed by atoms with Gasteiger partial charge in [-0.05, 0) is 25.7 Å². The first-order chi connectivity index (χ1) is 8.68. The number of aliphatic carboxylic acids is 1. The standard InChI is InChI=1S/C14H23NO3/c16-13(10-6-4-5-7-10)15-12-9-3-1-2-8-11(12)14(17)18/h10-12H,1-9H2,(H,15,16)(H,17,18)/t11-,12+/m1/s1. The number of amides is 1. The van der Waals surface area contributed by atoms with Crippen LogP contribution in [0.25, 0.3) is 0 Å². The van der Waals surface area contributed by atoms with E-state index in [-0.39, 0.29) is 17.9 Å². The molecule has 2 saturated carbocycles. The number of carbonyl (C=O) groups excluding carboxylic acids is 1. The third kappa shape index (κ3) is 3.24. The SMILES string of the molecule is O=C(N[C@H]1CCCCC[C@H]1C(=O)O)C1CCCC1. The molecule has 102 valence electrons. The van der Waals surface area contributed by atoms with Crippen molar-refractivity contribution in [3.05, 3.63) is 0 Å². The molecule has 4 nitrogen and oxygen atoms in total. The molecule has 0 aliphatic heterocycles. The first kappa shape index (κ1) is 13.4. The summed E-state index contributed by atoms with van der Waals surface area (Å²) in [6.07, 6.45) is 8.79. The third-order valence-corrected chi connectivity index (χ3v) is 4.39. The second kappa shape index (κ2) is 6.21. The monoisotopic (exact) mass is 253 g/mol. The predicted molar refractivity (Wildman–Crippen MR) is 68.1 cm³/mol. The molecule has 0 aromatic rings. The van der Waals surface area contributed by atoms with Crippen LogP contribution < -0.4 is 5.32 Å². The van der Waals surface area contributed by atoms with Crippen molar-refractivity contribution in [2.45, 2.75) is 63.8 Å². The van der Waals surface area contributed by atoms with Gasteiger partial charge in [0, 0.05) is 12.0 Å². The summed E-state index contributed by atoms with van der Waals surface area (Å²) >= 11 is 0.